The summed E-state index contributed by atoms with van der Waals surface area (Å²) in [6.45, 7) is 5.13. The first-order valence-electron chi connectivity index (χ1n) is 44.1. The first-order valence-corrected chi connectivity index (χ1v) is 46.2. The molecular weight excluding hydrogens is 1750 g/mol. The minimum atomic E-state index is -1.88. The van der Waals surface area contributed by atoms with Crippen LogP contribution in [0, 0.1) is 11.3 Å². The van der Waals surface area contributed by atoms with E-state index in [2.05, 4.69) is 63.5 Å². The zero-order valence-corrected chi connectivity index (χ0v) is 76.9. The maximum Gasteiger partial charge on any atom is 0.322 e. The number of aliphatic carboxylic acids is 1. The van der Waals surface area contributed by atoms with E-state index in [1.807, 2.05) is 32.0 Å². The molecule has 3 aliphatic heterocycles. The number of carboxylic acids is 1. The lowest BCUT2D eigenvalue weighted by Crippen LogP contribution is -2.62. The summed E-state index contributed by atoms with van der Waals surface area (Å²) in [5.41, 5.74) is 19.5. The number of carboxylic acid groups (broad SMARTS) is 1. The predicted octanol–water partition coefficient (Wildman–Crippen LogP) is -2.60. The number of rotatable bonds is 25. The molecule has 0 radical (unpaired) electrons. The molecule has 42 nitrogen and oxygen atoms in total. The van der Waals surface area contributed by atoms with Gasteiger partial charge in [0.25, 0.3) is 0 Å². The highest BCUT2D eigenvalue weighted by atomic mass is 32.2. The van der Waals surface area contributed by atoms with Gasteiger partial charge in [0.15, 0.2) is 5.96 Å². The third-order valence-corrected chi connectivity index (χ3v) is 25.5. The van der Waals surface area contributed by atoms with E-state index < -0.39 is 248 Å². The molecule has 0 bridgehead atoms. The molecule has 0 unspecified atom stereocenters. The summed E-state index contributed by atoms with van der Waals surface area (Å²) in [5.74, 6) is -18.9. The van der Waals surface area contributed by atoms with Gasteiger partial charge in [0.1, 0.15) is 96.9 Å². The lowest BCUT2D eigenvalue weighted by molar-refractivity contribution is -0.149. The number of aromatic nitrogens is 1. The number of fused-ring (bicyclic) bond motifs is 4. The lowest BCUT2D eigenvalue weighted by Gasteiger charge is -2.36. The summed E-state index contributed by atoms with van der Waals surface area (Å²) in [6.07, 6.45) is -0.386. The number of amides is 16. The second-order valence-electron chi connectivity index (χ2n) is 33.8. The summed E-state index contributed by atoms with van der Waals surface area (Å²) in [4.78, 5) is 257. The number of aliphatic hydroxyl groups excluding tert-OH is 2. The highest BCUT2D eigenvalue weighted by Crippen LogP contribution is 2.30. The van der Waals surface area contributed by atoms with Crippen molar-refractivity contribution in [2.24, 2.45) is 23.1 Å². The van der Waals surface area contributed by atoms with Crippen LogP contribution in [0.4, 0.5) is 0 Å². The van der Waals surface area contributed by atoms with E-state index in [1.54, 1.807) is 55.8 Å². The number of hydrogen-bond donors (Lipinski definition) is 20. The largest absolute Gasteiger partial charge is 0.508 e. The van der Waals surface area contributed by atoms with Gasteiger partial charge in [0.2, 0.25) is 94.5 Å². The minimum Gasteiger partial charge on any atom is -0.508 e. The van der Waals surface area contributed by atoms with Gasteiger partial charge in [-0.3, -0.25) is 86.9 Å². The Morgan fingerprint density at radius 1 is 0.583 bits per heavy atom. The number of hydrogen-bond acceptors (Lipinski definition) is 24. The highest BCUT2D eigenvalue weighted by Gasteiger charge is 2.47. The molecule has 3 fully saturated rings. The predicted molar refractivity (Wildman–Crippen MR) is 489 cm³/mol. The van der Waals surface area contributed by atoms with Crippen LogP contribution in [0.1, 0.15) is 135 Å². The van der Waals surface area contributed by atoms with E-state index in [9.17, 15) is 68.4 Å². The number of nitrogens with zero attached hydrogens (tertiary/aromatic N) is 5. The van der Waals surface area contributed by atoms with Gasteiger partial charge in [-0.05, 0) is 110 Å². The Balaban J connectivity index is 1.19. The van der Waals surface area contributed by atoms with Crippen LogP contribution in [0.3, 0.4) is 0 Å². The van der Waals surface area contributed by atoms with Crippen LogP contribution in [0.15, 0.2) is 84.4 Å². The molecular formula is C88H125N21O21S2. The Bertz CT molecular complexity index is 4960. The van der Waals surface area contributed by atoms with Crippen molar-refractivity contribution in [1.82, 2.24) is 88.0 Å². The monoisotopic (exact) mass is 1880 g/mol. The molecule has 0 saturated carbocycles. The number of likely N-dealkylation sites (N-methyl/N-ethyl adjacent to an activating group) is 3. The van der Waals surface area contributed by atoms with Gasteiger partial charge in [-0.2, -0.15) is 0 Å². The minimum absolute atomic E-state index is 0.0112. The number of guanidine groups is 1. The highest BCUT2D eigenvalue weighted by molar-refractivity contribution is 8.00. The quantitative estimate of drug-likeness (QED) is 0.0162. The van der Waals surface area contributed by atoms with Crippen molar-refractivity contribution in [2.45, 2.75) is 228 Å². The number of nitrogens with two attached hydrogens (primary N) is 3. The molecule has 3 aromatic carbocycles. The number of carbonyl (C=O) groups is 17. The fraction of sp³-hybridized carbons (Fsp3) is 0.545. The number of carbonyl (C=O) groups excluding carboxylic acids is 16. The van der Waals surface area contributed by atoms with Gasteiger partial charge in [0.05, 0.1) is 24.9 Å². The standard InChI is InChI=1S/C88H125N21O21S2/c1-9-11-23-66-80(123)97-57(22-17-31-93-88(91)92)76(119)104-65(75(118)95-41-73(115)116)45-131-46-72(114)96-60(34-49-27-29-52(111)30-28-49)83(126)105(6)48(5)74(117)99-62(38-71(90)113)85(128)108-32-18-25-67(108)81(124)102-63(39-89)78(121)100-59(33-47(3)4)86(129)109-42-53(112)37-69(109)82(125)98-58(35-50-40-94-56-21-15-13-19-54(50)56)77(120)103-64(43-110)79(122)101-61(36-51-44-132-70-26-16-14-20-55(51)70)84(127)107(8)68(24-12-10-2)87(130)106(66)7/h13-16,19-21,26-30,40,44,47-48,53,57-69,94,110-112H,9-12,17-18,22-25,31-39,41-43,45-46,89H2,1-8H3,(H2,90,113)(H,95,118)(H,96,114)(H,97,123)(H,98,125)(H,99,117)(H,100,121)(H,101,122)(H,102,124)(H,103,120)(H,104,119)(H,115,116)(H4,91,92,93)/t48-,53-,57-,58-,59-,60-,61-,62-,63-,64-,65-,66-,67-,68-,69-/m0/s1. The second-order valence-corrected chi connectivity index (χ2v) is 35.7. The number of benzene rings is 3. The number of thioether (sulfide) groups is 1. The molecule has 3 saturated heterocycles. The average Bonchev–Trinajstić information content (AvgIpc) is 1.60. The summed E-state index contributed by atoms with van der Waals surface area (Å²) in [6, 6.07) is -2.25. The fourth-order valence-corrected chi connectivity index (χ4v) is 17.9. The van der Waals surface area contributed by atoms with Crippen molar-refractivity contribution in [3.8, 4) is 5.75 Å². The summed E-state index contributed by atoms with van der Waals surface area (Å²) in [7, 11) is 3.88. The first kappa shape index (κ1) is 105. The van der Waals surface area contributed by atoms with Gasteiger partial charge < -0.3 is 126 Å². The van der Waals surface area contributed by atoms with Gasteiger partial charge in [0, 0.05) is 101 Å². The molecule has 16 amide bonds. The number of aliphatic hydroxyl groups is 2. The average molecular weight is 1880 g/mol. The molecule has 5 heterocycles. The smallest absolute Gasteiger partial charge is 0.322 e. The van der Waals surface area contributed by atoms with Crippen molar-refractivity contribution in [1.29, 1.82) is 5.41 Å². The molecule has 132 heavy (non-hydrogen) atoms. The fourth-order valence-electron chi connectivity index (χ4n) is 16.1. The Hall–Kier alpha value is -12.6. The van der Waals surface area contributed by atoms with Gasteiger partial charge in [-0.1, -0.05) is 102 Å². The normalized spacial score (nSPS) is 25.1. The van der Waals surface area contributed by atoms with Crippen LogP contribution < -0.4 is 75.7 Å². The van der Waals surface area contributed by atoms with E-state index in [0.717, 1.165) is 41.0 Å². The Labute approximate surface area is 771 Å². The van der Waals surface area contributed by atoms with E-state index in [0.29, 0.717) is 58.7 Å². The molecule has 3 aliphatic rings. The van der Waals surface area contributed by atoms with Crippen LogP contribution in [0.5, 0.6) is 5.75 Å². The second kappa shape index (κ2) is 50.2. The van der Waals surface area contributed by atoms with Crippen molar-refractivity contribution in [3.63, 3.8) is 0 Å². The molecule has 0 aliphatic carbocycles. The number of phenols is 1. The van der Waals surface area contributed by atoms with Crippen molar-refractivity contribution in [3.05, 3.63) is 101 Å². The molecule has 44 heteroatoms. The van der Waals surface area contributed by atoms with Gasteiger partial charge in [-0.15, -0.1) is 23.1 Å². The molecule has 23 N–H and O–H groups in total. The van der Waals surface area contributed by atoms with Gasteiger partial charge in [-0.25, -0.2) is 0 Å². The number of nitrogens with one attached hydrogen (secondary N) is 13. The topological polar surface area (TPSA) is 637 Å². The maximum absolute atomic E-state index is 15.7. The van der Waals surface area contributed by atoms with Crippen molar-refractivity contribution >= 4 is 151 Å². The van der Waals surface area contributed by atoms with Crippen molar-refractivity contribution < 1.29 is 102 Å². The van der Waals surface area contributed by atoms with Crippen molar-refractivity contribution in [2.75, 3.05) is 72.0 Å². The molecule has 2 aromatic heterocycles. The summed E-state index contributed by atoms with van der Waals surface area (Å²) in [5, 5.41) is 81.9. The third kappa shape index (κ3) is 29.2. The van der Waals surface area contributed by atoms with E-state index in [-0.39, 0.29) is 89.0 Å². The van der Waals surface area contributed by atoms with Crippen LogP contribution in [-0.2, 0) is 101 Å². The first-order chi connectivity index (χ1) is 62.8. The Morgan fingerprint density at radius 3 is 1.81 bits per heavy atom. The van der Waals surface area contributed by atoms with Crippen LogP contribution in [-0.4, -0.2) is 319 Å². The number of aromatic amines is 1. The SMILES string of the molecule is CCCC[C@H]1C(=O)N(C)[C@@H](CCCC)C(=O)N[C@@H](CCCNC(=N)N)C(=O)N[C@H](C(=O)NCC(=O)O)CSCC(=O)N[C@@H](Cc2ccc(O)cc2)C(=O)N(C)[C@@H](C)C(=O)N[C@@H](CC(N)=O)C(=O)N2CCC[C@H]2C(=O)N[C@@H](CN)C(=O)N[C@@H](CC(C)C)C(=O)N2C[C@@H](O)C[C@H]2C(=O)N[C@@H](Cc2c[nH]c3ccccc23)C(=O)N[C@@H](CO)C(=O)N[C@@H](Cc2csc3ccccc23)C(=O)N1C. The maximum atomic E-state index is 15.7. The Morgan fingerprint density at radius 2 is 1.15 bits per heavy atom. The molecule has 15 atom stereocenters. The summed E-state index contributed by atoms with van der Waals surface area (Å²) < 4.78 is 0.807. The number of primary amides is 1. The molecule has 8 rings (SSSR count). The Kier molecular flexibility index (Phi) is 39.8. The third-order valence-electron chi connectivity index (χ3n) is 23.4. The number of aromatic hydroxyl groups is 1. The molecule has 720 valence electrons. The van der Waals surface area contributed by atoms with E-state index in [1.165, 1.54) is 63.7 Å². The van der Waals surface area contributed by atoms with Crippen LogP contribution in [0.25, 0.3) is 21.0 Å². The zero-order chi connectivity index (χ0) is 96.9. The van der Waals surface area contributed by atoms with Crippen LogP contribution >= 0.6 is 23.1 Å². The number of phenolic OH excluding ortho intramolecular Hbond substituents is 1. The lowest BCUT2D eigenvalue weighted by atomic mass is 10.00. The van der Waals surface area contributed by atoms with E-state index >= 15 is 33.6 Å². The summed E-state index contributed by atoms with van der Waals surface area (Å²) >= 11 is 2.07. The number of unbranched alkanes of at least 4 members (excludes halogenated alkanes) is 2. The number of thiophene rings is 1. The van der Waals surface area contributed by atoms with Gasteiger partial charge >= 0.3 is 5.97 Å². The van der Waals surface area contributed by atoms with Crippen LogP contribution in [0.2, 0.25) is 0 Å². The number of para-hydroxylation sites is 1. The molecule has 0 spiro atoms. The van der Waals surface area contributed by atoms with E-state index in [4.69, 9.17) is 22.6 Å². The zero-order valence-electron chi connectivity index (χ0n) is 75.3. The molecule has 5 aromatic rings. The number of H-pyrrole nitrogens is 1.